The van der Waals surface area contributed by atoms with Crippen molar-refractivity contribution in [3.05, 3.63) is 58.3 Å². The third kappa shape index (κ3) is 3.40. The highest BCUT2D eigenvalue weighted by molar-refractivity contribution is 5.86. The highest BCUT2D eigenvalue weighted by Gasteiger charge is 2.22. The first-order chi connectivity index (χ1) is 12.7. The van der Waals surface area contributed by atoms with E-state index >= 15 is 0 Å². The van der Waals surface area contributed by atoms with E-state index < -0.39 is 0 Å². The van der Waals surface area contributed by atoms with E-state index in [4.69, 9.17) is 0 Å². The predicted octanol–water partition coefficient (Wildman–Crippen LogP) is 5.77. The SMILES string of the molecule is CC/C=C(\C=C1CCCC1)Cn1c2c(c3cc(C)ccc31)CN(C)CC2. The first-order valence-electron chi connectivity index (χ1n) is 10.3. The lowest BCUT2D eigenvalue weighted by atomic mass is 10.0. The van der Waals surface area contributed by atoms with Crippen molar-refractivity contribution in [3.8, 4) is 0 Å². The van der Waals surface area contributed by atoms with E-state index in [1.54, 1.807) is 16.8 Å². The summed E-state index contributed by atoms with van der Waals surface area (Å²) in [7, 11) is 2.24. The molecule has 1 aliphatic carbocycles. The van der Waals surface area contributed by atoms with Crippen molar-refractivity contribution < 1.29 is 0 Å². The second-order valence-corrected chi connectivity index (χ2v) is 8.22. The van der Waals surface area contributed by atoms with E-state index in [1.807, 2.05) is 0 Å². The van der Waals surface area contributed by atoms with Crippen LogP contribution in [0.15, 0.2) is 41.5 Å². The summed E-state index contributed by atoms with van der Waals surface area (Å²) in [6.07, 6.45) is 12.6. The smallest absolute Gasteiger partial charge is 0.0489 e. The number of hydrogen-bond acceptors (Lipinski definition) is 1. The van der Waals surface area contributed by atoms with Crippen molar-refractivity contribution in [2.75, 3.05) is 13.6 Å². The molecule has 1 aliphatic heterocycles. The van der Waals surface area contributed by atoms with Gasteiger partial charge in [0.05, 0.1) is 0 Å². The third-order valence-electron chi connectivity index (χ3n) is 6.04. The van der Waals surface area contributed by atoms with E-state index in [9.17, 15) is 0 Å². The van der Waals surface area contributed by atoms with E-state index in [1.165, 1.54) is 47.7 Å². The zero-order chi connectivity index (χ0) is 18.1. The molecule has 2 heterocycles. The molecule has 0 amide bonds. The summed E-state index contributed by atoms with van der Waals surface area (Å²) in [6, 6.07) is 7.00. The molecule has 26 heavy (non-hydrogen) atoms. The minimum Gasteiger partial charge on any atom is -0.340 e. The summed E-state index contributed by atoms with van der Waals surface area (Å²) >= 11 is 0. The number of likely N-dealkylation sites (N-methyl/N-ethyl adjacent to an activating group) is 1. The van der Waals surface area contributed by atoms with E-state index in [0.717, 1.165) is 32.5 Å². The average molecular weight is 349 g/mol. The standard InChI is InChI=1S/C24H32N2/c1-4-7-20(15-19-8-5-6-9-19)16-26-23-11-10-18(2)14-21(23)22-17-25(3)13-12-24(22)26/h7,10-11,14-15H,4-6,8-9,12-13,16-17H2,1-3H3/b20-7+. The number of aromatic nitrogens is 1. The molecular weight excluding hydrogens is 316 g/mol. The Morgan fingerprint density at radius 3 is 2.73 bits per heavy atom. The second kappa shape index (κ2) is 7.44. The van der Waals surface area contributed by atoms with Crippen molar-refractivity contribution in [2.45, 2.75) is 65.5 Å². The number of aryl methyl sites for hydroxylation is 1. The summed E-state index contributed by atoms with van der Waals surface area (Å²) in [5, 5.41) is 1.47. The van der Waals surface area contributed by atoms with Gasteiger partial charge in [0.1, 0.15) is 0 Å². The van der Waals surface area contributed by atoms with Crippen LogP contribution in [0.1, 0.15) is 55.8 Å². The van der Waals surface area contributed by atoms with Crippen LogP contribution in [0.5, 0.6) is 0 Å². The van der Waals surface area contributed by atoms with Gasteiger partial charge >= 0.3 is 0 Å². The lowest BCUT2D eigenvalue weighted by Crippen LogP contribution is -2.27. The fourth-order valence-corrected chi connectivity index (χ4v) is 4.73. The Morgan fingerprint density at radius 2 is 1.96 bits per heavy atom. The lowest BCUT2D eigenvalue weighted by Gasteiger charge is -2.24. The van der Waals surface area contributed by atoms with Crippen LogP contribution >= 0.6 is 0 Å². The van der Waals surface area contributed by atoms with Crippen molar-refractivity contribution in [1.82, 2.24) is 9.47 Å². The molecule has 2 nitrogen and oxygen atoms in total. The average Bonchev–Trinajstić information content (AvgIpc) is 3.22. The Kier molecular flexibility index (Phi) is 5.04. The second-order valence-electron chi connectivity index (χ2n) is 8.22. The van der Waals surface area contributed by atoms with Crippen LogP contribution in [0.2, 0.25) is 0 Å². The molecule has 0 bridgehead atoms. The maximum Gasteiger partial charge on any atom is 0.0489 e. The molecule has 2 heteroatoms. The Balaban J connectivity index is 1.78. The van der Waals surface area contributed by atoms with Crippen molar-refractivity contribution in [3.63, 3.8) is 0 Å². The molecular formula is C24H32N2. The van der Waals surface area contributed by atoms with Gasteiger partial charge in [0.2, 0.25) is 0 Å². The molecule has 0 radical (unpaired) electrons. The van der Waals surface area contributed by atoms with Gasteiger partial charge in [-0.3, -0.25) is 0 Å². The molecule has 0 saturated heterocycles. The topological polar surface area (TPSA) is 8.17 Å². The maximum absolute atomic E-state index is 2.62. The van der Waals surface area contributed by atoms with Gasteiger partial charge in [0.15, 0.2) is 0 Å². The zero-order valence-corrected chi connectivity index (χ0v) is 16.6. The summed E-state index contributed by atoms with van der Waals surface area (Å²) in [6.45, 7) is 7.74. The Morgan fingerprint density at radius 1 is 1.15 bits per heavy atom. The van der Waals surface area contributed by atoms with Crippen molar-refractivity contribution in [2.24, 2.45) is 0 Å². The number of rotatable bonds is 4. The molecule has 0 unspecified atom stereocenters. The molecule has 1 aromatic heterocycles. The quantitative estimate of drug-likeness (QED) is 0.680. The van der Waals surface area contributed by atoms with E-state index in [0.29, 0.717) is 0 Å². The normalized spacial score (nSPS) is 18.6. The number of benzene rings is 1. The van der Waals surface area contributed by atoms with Crippen LogP contribution in [0.3, 0.4) is 0 Å². The maximum atomic E-state index is 2.62. The van der Waals surface area contributed by atoms with Gasteiger partial charge in [-0.1, -0.05) is 36.3 Å². The Labute approximate surface area is 158 Å². The fourth-order valence-electron chi connectivity index (χ4n) is 4.73. The number of hydrogen-bond donors (Lipinski definition) is 0. The van der Waals surface area contributed by atoms with Crippen molar-refractivity contribution >= 4 is 10.9 Å². The highest BCUT2D eigenvalue weighted by atomic mass is 15.1. The van der Waals surface area contributed by atoms with Crippen LogP contribution in [-0.4, -0.2) is 23.1 Å². The molecule has 1 aromatic carbocycles. The predicted molar refractivity (Wildman–Crippen MR) is 112 cm³/mol. The van der Waals surface area contributed by atoms with E-state index in [-0.39, 0.29) is 0 Å². The number of allylic oxidation sites excluding steroid dienone is 4. The summed E-state index contributed by atoms with van der Waals surface area (Å²) in [4.78, 5) is 2.46. The minimum atomic E-state index is 1.02. The molecule has 0 N–H and O–H groups in total. The third-order valence-corrected chi connectivity index (χ3v) is 6.04. The Bertz CT molecular complexity index is 858. The molecule has 0 spiro atoms. The fraction of sp³-hybridized carbons (Fsp3) is 0.500. The van der Waals surface area contributed by atoms with Gasteiger partial charge in [-0.05, 0) is 69.3 Å². The van der Waals surface area contributed by atoms with Gasteiger partial charge in [-0.15, -0.1) is 0 Å². The highest BCUT2D eigenvalue weighted by Crippen LogP contribution is 2.33. The van der Waals surface area contributed by atoms with Crippen LogP contribution < -0.4 is 0 Å². The number of nitrogens with zero attached hydrogens (tertiary/aromatic N) is 2. The molecule has 1 saturated carbocycles. The number of fused-ring (bicyclic) bond motifs is 3. The summed E-state index contributed by atoms with van der Waals surface area (Å²) in [5.74, 6) is 0. The van der Waals surface area contributed by atoms with Gasteiger partial charge in [0, 0.05) is 42.7 Å². The first-order valence-corrected chi connectivity index (χ1v) is 10.3. The zero-order valence-electron chi connectivity index (χ0n) is 16.6. The largest absolute Gasteiger partial charge is 0.340 e. The first kappa shape index (κ1) is 17.6. The molecule has 4 rings (SSSR count). The summed E-state index contributed by atoms with van der Waals surface area (Å²) in [5.41, 5.74) is 9.07. The summed E-state index contributed by atoms with van der Waals surface area (Å²) < 4.78 is 2.62. The van der Waals surface area contributed by atoms with Gasteiger partial charge < -0.3 is 9.47 Å². The van der Waals surface area contributed by atoms with Crippen LogP contribution in [-0.2, 0) is 19.5 Å². The van der Waals surface area contributed by atoms with Crippen molar-refractivity contribution in [1.29, 1.82) is 0 Å². The molecule has 2 aromatic rings. The molecule has 1 fully saturated rings. The van der Waals surface area contributed by atoms with E-state index in [2.05, 4.69) is 60.7 Å². The van der Waals surface area contributed by atoms with Gasteiger partial charge in [-0.2, -0.15) is 0 Å². The van der Waals surface area contributed by atoms with Crippen LogP contribution in [0.4, 0.5) is 0 Å². The Hall–Kier alpha value is -1.80. The van der Waals surface area contributed by atoms with Gasteiger partial charge in [0.25, 0.3) is 0 Å². The monoisotopic (exact) mass is 348 g/mol. The minimum absolute atomic E-state index is 1.02. The molecule has 0 atom stereocenters. The van der Waals surface area contributed by atoms with Gasteiger partial charge in [-0.25, -0.2) is 0 Å². The lowest BCUT2D eigenvalue weighted by molar-refractivity contribution is 0.310. The van der Waals surface area contributed by atoms with Crippen LogP contribution in [0, 0.1) is 6.92 Å². The molecule has 138 valence electrons. The van der Waals surface area contributed by atoms with Crippen LogP contribution in [0.25, 0.3) is 10.9 Å². The molecule has 2 aliphatic rings.